The summed E-state index contributed by atoms with van der Waals surface area (Å²) in [6.45, 7) is 2.31. The third-order valence-corrected chi connectivity index (χ3v) is 3.82. The van der Waals surface area contributed by atoms with E-state index >= 15 is 0 Å². The summed E-state index contributed by atoms with van der Waals surface area (Å²) in [6, 6.07) is 16.1. The number of pyridine rings is 1. The molecule has 4 rings (SSSR count). The molecule has 3 heteroatoms. The Morgan fingerprint density at radius 2 is 1.90 bits per heavy atom. The molecule has 0 saturated heterocycles. The van der Waals surface area contributed by atoms with Crippen molar-refractivity contribution < 1.29 is 9.53 Å². The molecular formula is C18H13NO2. The molecule has 0 N–H and O–H groups in total. The zero-order chi connectivity index (χ0) is 14.4. The van der Waals surface area contributed by atoms with Crippen molar-refractivity contribution in [2.45, 2.75) is 13.5 Å². The van der Waals surface area contributed by atoms with Crippen LogP contribution in [0.5, 0.6) is 0 Å². The van der Waals surface area contributed by atoms with Gasteiger partial charge in [-0.15, -0.1) is 0 Å². The van der Waals surface area contributed by atoms with E-state index in [0.717, 1.165) is 33.3 Å². The molecule has 3 aromatic rings. The van der Waals surface area contributed by atoms with Gasteiger partial charge in [-0.3, -0.25) is 0 Å². The number of aryl methyl sites for hydroxylation is 1. The summed E-state index contributed by atoms with van der Waals surface area (Å²) in [5, 5.41) is 0.987. The topological polar surface area (TPSA) is 39.2 Å². The highest BCUT2D eigenvalue weighted by atomic mass is 16.5. The van der Waals surface area contributed by atoms with Crippen molar-refractivity contribution in [2.75, 3.05) is 0 Å². The lowest BCUT2D eigenvalue weighted by molar-refractivity contribution is 0.0534. The average Bonchev–Trinajstić information content (AvgIpc) is 2.86. The summed E-state index contributed by atoms with van der Waals surface area (Å²) in [6.07, 6.45) is 0. The van der Waals surface area contributed by atoms with Crippen molar-refractivity contribution in [1.29, 1.82) is 0 Å². The van der Waals surface area contributed by atoms with Gasteiger partial charge in [-0.2, -0.15) is 0 Å². The minimum Gasteiger partial charge on any atom is -0.455 e. The Morgan fingerprint density at radius 3 is 2.76 bits per heavy atom. The van der Waals surface area contributed by atoms with Crippen LogP contribution < -0.4 is 0 Å². The average molecular weight is 275 g/mol. The Bertz CT molecular complexity index is 884. The van der Waals surface area contributed by atoms with Gasteiger partial charge in [0.1, 0.15) is 6.61 Å². The molecule has 0 bridgehead atoms. The molecule has 0 fully saturated rings. The fraction of sp³-hybridized carbons (Fsp3) is 0.111. The van der Waals surface area contributed by atoms with Gasteiger partial charge in [0.15, 0.2) is 0 Å². The van der Waals surface area contributed by atoms with E-state index in [2.05, 4.69) is 11.1 Å². The number of esters is 1. The molecule has 0 amide bonds. The van der Waals surface area contributed by atoms with Crippen molar-refractivity contribution in [2.24, 2.45) is 0 Å². The molecule has 1 aromatic heterocycles. The normalized spacial score (nSPS) is 13.3. The first-order valence-corrected chi connectivity index (χ1v) is 6.90. The number of carbonyl (C=O) groups is 1. The van der Waals surface area contributed by atoms with Crippen molar-refractivity contribution in [1.82, 2.24) is 4.98 Å². The maximum Gasteiger partial charge on any atom is 0.341 e. The molecule has 21 heavy (non-hydrogen) atoms. The second kappa shape index (κ2) is 4.42. The summed E-state index contributed by atoms with van der Waals surface area (Å²) < 4.78 is 5.19. The highest BCUT2D eigenvalue weighted by Crippen LogP contribution is 2.36. The summed E-state index contributed by atoms with van der Waals surface area (Å²) >= 11 is 0. The molecule has 3 nitrogen and oxygen atoms in total. The van der Waals surface area contributed by atoms with Crippen LogP contribution >= 0.6 is 0 Å². The first-order chi connectivity index (χ1) is 10.2. The summed E-state index contributed by atoms with van der Waals surface area (Å²) in [5.41, 5.74) is 5.36. The molecule has 102 valence electrons. The maximum absolute atomic E-state index is 12.1. The number of para-hydroxylation sites is 1. The van der Waals surface area contributed by atoms with Crippen LogP contribution in [0.3, 0.4) is 0 Å². The number of nitrogens with zero attached hydrogens (tertiary/aromatic N) is 1. The lowest BCUT2D eigenvalue weighted by Crippen LogP contribution is -2.00. The predicted molar refractivity (Wildman–Crippen MR) is 81.0 cm³/mol. The predicted octanol–water partition coefficient (Wildman–Crippen LogP) is 3.88. The van der Waals surface area contributed by atoms with Crippen molar-refractivity contribution in [3.8, 4) is 11.1 Å². The van der Waals surface area contributed by atoms with Crippen LogP contribution in [0.1, 0.15) is 21.6 Å². The zero-order valence-corrected chi connectivity index (χ0v) is 11.6. The monoisotopic (exact) mass is 275 g/mol. The van der Waals surface area contributed by atoms with Gasteiger partial charge in [-0.25, -0.2) is 9.78 Å². The number of aromatic nitrogens is 1. The SMILES string of the molecule is Cc1cccc(-c2c3c(nc4ccccc24)COC3=O)c1. The van der Waals surface area contributed by atoms with E-state index in [9.17, 15) is 4.79 Å². The van der Waals surface area contributed by atoms with Gasteiger partial charge in [0.25, 0.3) is 0 Å². The molecule has 0 unspecified atom stereocenters. The molecular weight excluding hydrogens is 262 g/mol. The third-order valence-electron chi connectivity index (χ3n) is 3.82. The van der Waals surface area contributed by atoms with E-state index < -0.39 is 0 Å². The van der Waals surface area contributed by atoms with E-state index in [0.29, 0.717) is 5.56 Å². The minimum absolute atomic E-state index is 0.262. The molecule has 0 spiro atoms. The number of benzene rings is 2. The van der Waals surface area contributed by atoms with Crippen molar-refractivity contribution in [3.63, 3.8) is 0 Å². The molecule has 2 heterocycles. The number of fused-ring (bicyclic) bond motifs is 2. The summed E-state index contributed by atoms with van der Waals surface area (Å²) in [4.78, 5) is 16.7. The lowest BCUT2D eigenvalue weighted by atomic mass is 9.94. The van der Waals surface area contributed by atoms with Gasteiger partial charge in [0.05, 0.1) is 16.8 Å². The molecule has 0 radical (unpaired) electrons. The van der Waals surface area contributed by atoms with E-state index in [4.69, 9.17) is 4.74 Å². The first kappa shape index (κ1) is 12.1. The van der Waals surface area contributed by atoms with Gasteiger partial charge < -0.3 is 4.74 Å². The van der Waals surface area contributed by atoms with Crippen LogP contribution in [0.15, 0.2) is 48.5 Å². The fourth-order valence-corrected chi connectivity index (χ4v) is 2.89. The third kappa shape index (κ3) is 1.82. The number of hydrogen-bond donors (Lipinski definition) is 0. The second-order valence-electron chi connectivity index (χ2n) is 5.27. The second-order valence-corrected chi connectivity index (χ2v) is 5.27. The van der Waals surface area contributed by atoms with Crippen LogP contribution in [-0.2, 0) is 11.3 Å². The standard InChI is InChI=1S/C18H13NO2/c1-11-5-4-6-12(9-11)16-13-7-2-3-8-14(13)19-15-10-21-18(20)17(15)16/h2-9H,10H2,1H3. The van der Waals surface area contributed by atoms with Gasteiger partial charge in [0, 0.05) is 10.9 Å². The molecule has 1 aliphatic heterocycles. The number of ether oxygens (including phenoxy) is 1. The van der Waals surface area contributed by atoms with Gasteiger partial charge in [-0.05, 0) is 18.6 Å². The van der Waals surface area contributed by atoms with Crippen LogP contribution in [0.4, 0.5) is 0 Å². The quantitative estimate of drug-likeness (QED) is 0.633. The molecule has 0 saturated carbocycles. The van der Waals surface area contributed by atoms with Crippen LogP contribution in [0.25, 0.3) is 22.0 Å². The number of carbonyl (C=O) groups excluding carboxylic acids is 1. The largest absolute Gasteiger partial charge is 0.455 e. The lowest BCUT2D eigenvalue weighted by Gasteiger charge is -2.11. The Hall–Kier alpha value is -2.68. The van der Waals surface area contributed by atoms with Gasteiger partial charge in [0.2, 0.25) is 0 Å². The molecule has 0 atom stereocenters. The Labute approximate surface area is 122 Å². The van der Waals surface area contributed by atoms with Crippen LogP contribution in [0, 0.1) is 6.92 Å². The van der Waals surface area contributed by atoms with Gasteiger partial charge >= 0.3 is 5.97 Å². The van der Waals surface area contributed by atoms with Crippen molar-refractivity contribution in [3.05, 3.63) is 65.4 Å². The van der Waals surface area contributed by atoms with Crippen LogP contribution in [-0.4, -0.2) is 11.0 Å². The zero-order valence-electron chi connectivity index (χ0n) is 11.6. The first-order valence-electron chi connectivity index (χ1n) is 6.90. The number of hydrogen-bond acceptors (Lipinski definition) is 3. The molecule has 1 aliphatic rings. The van der Waals surface area contributed by atoms with Crippen molar-refractivity contribution >= 4 is 16.9 Å². The van der Waals surface area contributed by atoms with E-state index in [-0.39, 0.29) is 12.6 Å². The fourth-order valence-electron chi connectivity index (χ4n) is 2.89. The Kier molecular flexibility index (Phi) is 2.54. The number of cyclic esters (lactones) is 1. The minimum atomic E-state index is -0.278. The molecule has 2 aromatic carbocycles. The highest BCUT2D eigenvalue weighted by molar-refractivity contribution is 6.09. The van der Waals surface area contributed by atoms with E-state index in [1.807, 2.05) is 49.4 Å². The highest BCUT2D eigenvalue weighted by Gasteiger charge is 2.28. The number of rotatable bonds is 1. The van der Waals surface area contributed by atoms with E-state index in [1.54, 1.807) is 0 Å². The summed E-state index contributed by atoms with van der Waals surface area (Å²) in [5.74, 6) is -0.278. The molecule has 0 aliphatic carbocycles. The smallest absolute Gasteiger partial charge is 0.341 e. The summed E-state index contributed by atoms with van der Waals surface area (Å²) in [7, 11) is 0. The maximum atomic E-state index is 12.1. The Morgan fingerprint density at radius 1 is 1.05 bits per heavy atom. The Balaban J connectivity index is 2.15. The van der Waals surface area contributed by atoms with E-state index in [1.165, 1.54) is 0 Å². The van der Waals surface area contributed by atoms with Gasteiger partial charge in [-0.1, -0.05) is 48.0 Å². The van der Waals surface area contributed by atoms with Crippen LogP contribution in [0.2, 0.25) is 0 Å².